The van der Waals surface area contributed by atoms with E-state index in [2.05, 4.69) is 26.5 Å². The molecule has 0 aromatic carbocycles. The maximum atomic E-state index is 12.4. The van der Waals surface area contributed by atoms with Crippen molar-refractivity contribution in [2.24, 2.45) is 5.92 Å². The van der Waals surface area contributed by atoms with Crippen molar-refractivity contribution < 1.29 is 8.78 Å². The smallest absolute Gasteiger partial charge is 0.154 e. The number of halogens is 2. The topological polar surface area (TPSA) is 0 Å². The minimum Gasteiger partial charge on any atom is -0.212 e. The van der Waals surface area contributed by atoms with Crippen molar-refractivity contribution in [1.82, 2.24) is 0 Å². The largest absolute Gasteiger partial charge is 0.212 e. The van der Waals surface area contributed by atoms with E-state index in [9.17, 15) is 8.78 Å². The zero-order chi connectivity index (χ0) is 16.0. The Bertz CT molecular complexity index is 298. The highest BCUT2D eigenvalue weighted by Gasteiger charge is 1.97. The van der Waals surface area contributed by atoms with Crippen LogP contribution in [-0.4, -0.2) is 5.25 Å². The summed E-state index contributed by atoms with van der Waals surface area (Å²) in [6.45, 7) is 9.97. The Labute approximate surface area is 129 Å². The van der Waals surface area contributed by atoms with Crippen LogP contribution >= 0.6 is 12.6 Å². The van der Waals surface area contributed by atoms with E-state index in [0.717, 1.165) is 0 Å². The normalized spacial score (nSPS) is 13.1. The number of hydrogen-bond acceptors (Lipinski definition) is 1. The van der Waals surface area contributed by atoms with Gasteiger partial charge in [-0.15, -0.1) is 0 Å². The van der Waals surface area contributed by atoms with Gasteiger partial charge in [-0.2, -0.15) is 12.6 Å². The molecule has 20 heavy (non-hydrogen) atoms. The van der Waals surface area contributed by atoms with E-state index in [1.165, 1.54) is 32.6 Å². The van der Waals surface area contributed by atoms with Crippen LogP contribution in [0.5, 0.6) is 0 Å². The van der Waals surface area contributed by atoms with E-state index in [0.29, 0.717) is 16.7 Å². The maximum Gasteiger partial charge on any atom is 0.154 e. The van der Waals surface area contributed by atoms with E-state index in [4.69, 9.17) is 0 Å². The summed E-state index contributed by atoms with van der Waals surface area (Å²) in [5.41, 5.74) is 0.300. The second-order valence-corrected chi connectivity index (χ2v) is 5.90. The first-order valence-electron chi connectivity index (χ1n) is 7.38. The van der Waals surface area contributed by atoms with Crippen LogP contribution in [0.3, 0.4) is 0 Å². The van der Waals surface area contributed by atoms with E-state index in [-0.39, 0.29) is 6.33 Å². The third-order valence-electron chi connectivity index (χ3n) is 2.56. The molecule has 0 spiro atoms. The van der Waals surface area contributed by atoms with E-state index in [1.807, 2.05) is 19.9 Å². The van der Waals surface area contributed by atoms with E-state index in [1.54, 1.807) is 12.2 Å². The van der Waals surface area contributed by atoms with Crippen LogP contribution in [0.2, 0.25) is 0 Å². The number of hydrogen-bond donors (Lipinski definition) is 1. The first kappa shape index (κ1) is 21.7. The average molecular weight is 304 g/mol. The highest BCUT2D eigenvalue weighted by atomic mass is 32.1. The van der Waals surface area contributed by atoms with Gasteiger partial charge >= 0.3 is 0 Å². The van der Waals surface area contributed by atoms with Gasteiger partial charge in [0.2, 0.25) is 0 Å². The molecule has 0 saturated carbocycles. The molecule has 118 valence electrons. The van der Waals surface area contributed by atoms with Gasteiger partial charge in [-0.3, -0.25) is 0 Å². The summed E-state index contributed by atoms with van der Waals surface area (Å²) in [5, 5.41) is 0.657. The molecule has 0 aliphatic carbocycles. The van der Waals surface area contributed by atoms with Crippen LogP contribution in [0.25, 0.3) is 0 Å². The molecule has 0 aliphatic heterocycles. The van der Waals surface area contributed by atoms with Crippen LogP contribution < -0.4 is 0 Å². The predicted molar refractivity (Wildman–Crippen MR) is 90.6 cm³/mol. The third-order valence-corrected chi connectivity index (χ3v) is 3.07. The summed E-state index contributed by atoms with van der Waals surface area (Å²) in [7, 11) is 0. The van der Waals surface area contributed by atoms with Crippen molar-refractivity contribution in [2.45, 2.75) is 65.6 Å². The molecule has 0 aliphatic rings. The lowest BCUT2D eigenvalue weighted by Gasteiger charge is -2.04. The highest BCUT2D eigenvalue weighted by Crippen LogP contribution is 2.11. The Hall–Kier alpha value is -0.570. The molecule has 0 nitrogen and oxygen atoms in total. The molecule has 0 rings (SSSR count). The van der Waals surface area contributed by atoms with Gasteiger partial charge in [0.1, 0.15) is 6.33 Å². The van der Waals surface area contributed by atoms with Crippen molar-refractivity contribution >= 4 is 12.6 Å². The van der Waals surface area contributed by atoms with Crippen molar-refractivity contribution in [1.29, 1.82) is 0 Å². The van der Waals surface area contributed by atoms with Crippen molar-refractivity contribution in [3.63, 3.8) is 0 Å². The molecule has 0 heterocycles. The Kier molecular flexibility index (Phi) is 16.1. The van der Waals surface area contributed by atoms with Crippen molar-refractivity contribution in [3.8, 4) is 0 Å². The zero-order valence-electron chi connectivity index (χ0n) is 13.5. The van der Waals surface area contributed by atoms with Gasteiger partial charge in [0.25, 0.3) is 0 Å². The minimum absolute atomic E-state index is 0.0327. The average Bonchev–Trinajstić information content (AvgIpc) is 2.38. The Morgan fingerprint density at radius 3 is 2.00 bits per heavy atom. The quantitative estimate of drug-likeness (QED) is 0.387. The number of rotatable bonds is 7. The van der Waals surface area contributed by atoms with Crippen LogP contribution in [0.15, 0.2) is 36.0 Å². The molecule has 0 aromatic rings. The van der Waals surface area contributed by atoms with Crippen molar-refractivity contribution in [2.75, 3.05) is 0 Å². The van der Waals surface area contributed by atoms with E-state index >= 15 is 0 Å². The zero-order valence-corrected chi connectivity index (χ0v) is 14.4. The second-order valence-electron chi connectivity index (χ2n) is 5.17. The summed E-state index contributed by atoms with van der Waals surface area (Å²) in [6, 6.07) is 0. The molecule has 0 fully saturated rings. The summed E-state index contributed by atoms with van der Waals surface area (Å²) in [5.74, 6) is -0.394. The molecule has 0 amide bonds. The van der Waals surface area contributed by atoms with Crippen LogP contribution in [0, 0.1) is 5.92 Å². The van der Waals surface area contributed by atoms with Crippen LogP contribution in [0.4, 0.5) is 8.78 Å². The molecule has 0 bridgehead atoms. The fraction of sp³-hybridized carbons (Fsp3) is 0.647. The lowest BCUT2D eigenvalue weighted by Crippen LogP contribution is -1.95. The molecular formula is C17H30F2S. The fourth-order valence-electron chi connectivity index (χ4n) is 1.40. The monoisotopic (exact) mass is 304 g/mol. The number of allylic oxidation sites excluding steroid dienone is 5. The molecule has 3 heteroatoms. The Balaban J connectivity index is 0. The van der Waals surface area contributed by atoms with Gasteiger partial charge in [-0.05, 0) is 31.3 Å². The molecule has 0 N–H and O–H groups in total. The lowest BCUT2D eigenvalue weighted by molar-refractivity contribution is 0.595. The molecule has 0 radical (unpaired) electrons. The number of thiol groups is 1. The minimum atomic E-state index is -0.816. The summed E-state index contributed by atoms with van der Waals surface area (Å²) in [6.07, 6.45) is 10.2. The predicted octanol–water partition coefficient (Wildman–Crippen LogP) is 6.81. The van der Waals surface area contributed by atoms with Crippen LogP contribution in [-0.2, 0) is 0 Å². The summed E-state index contributed by atoms with van der Waals surface area (Å²) >= 11 is 4.39. The molecule has 0 atom stereocenters. The first-order valence-corrected chi connectivity index (χ1v) is 7.89. The summed E-state index contributed by atoms with van der Waals surface area (Å²) < 4.78 is 24.1. The lowest BCUT2D eigenvalue weighted by atomic mass is 10.2. The first-order chi connectivity index (χ1) is 9.38. The van der Waals surface area contributed by atoms with E-state index < -0.39 is 5.83 Å². The molecular weight excluding hydrogens is 274 g/mol. The Morgan fingerprint density at radius 1 is 1.15 bits per heavy atom. The third kappa shape index (κ3) is 15.5. The fourth-order valence-corrected chi connectivity index (χ4v) is 1.91. The van der Waals surface area contributed by atoms with Gasteiger partial charge in [0.05, 0.1) is 0 Å². The van der Waals surface area contributed by atoms with Gasteiger partial charge in [0.15, 0.2) is 5.83 Å². The standard InChI is InChI=1S/C10H14F2.C7H16S/c1-8(2)5-4-6-9(3)10(12)7-11;1-3-5-7(8)6-4-2/h4-8H,1-3H3;7-8H,3-6H2,1-2H3/b5-4+,9-6-,10-7-;. The van der Waals surface area contributed by atoms with Crippen LogP contribution in [0.1, 0.15) is 60.3 Å². The van der Waals surface area contributed by atoms with Gasteiger partial charge < -0.3 is 0 Å². The van der Waals surface area contributed by atoms with Crippen molar-refractivity contribution in [3.05, 3.63) is 36.0 Å². The molecule has 0 aromatic heterocycles. The maximum absolute atomic E-state index is 12.4. The van der Waals surface area contributed by atoms with Gasteiger partial charge in [-0.1, -0.05) is 58.8 Å². The molecule has 0 unspecified atom stereocenters. The highest BCUT2D eigenvalue weighted by molar-refractivity contribution is 7.80. The SMILES string of the molecule is CC(=C/C=C/C(C)C)/C(F)=C/F.CCCC(S)CCC. The Morgan fingerprint density at radius 2 is 1.65 bits per heavy atom. The van der Waals surface area contributed by atoms with Gasteiger partial charge in [-0.25, -0.2) is 8.78 Å². The van der Waals surface area contributed by atoms with Gasteiger partial charge in [0, 0.05) is 5.25 Å². The summed E-state index contributed by atoms with van der Waals surface area (Å²) in [4.78, 5) is 0. The molecule has 0 saturated heterocycles. The second kappa shape index (κ2) is 14.8.